The number of ether oxygens (including phenoxy) is 1. The van der Waals surface area contributed by atoms with Crippen molar-refractivity contribution in [2.45, 2.75) is 32.0 Å². The highest BCUT2D eigenvalue weighted by molar-refractivity contribution is 7.80. The van der Waals surface area contributed by atoms with Crippen LogP contribution in [0.15, 0.2) is 41.8 Å². The third-order valence-corrected chi connectivity index (χ3v) is 5.00. The lowest BCUT2D eigenvalue weighted by Gasteiger charge is -2.25. The molecule has 0 saturated heterocycles. The third kappa shape index (κ3) is 3.99. The Kier molecular flexibility index (Phi) is 4.95. The third-order valence-electron chi connectivity index (χ3n) is 3.76. The van der Waals surface area contributed by atoms with Crippen LogP contribution in [0, 0.1) is 0 Å². The molecular weight excluding hydrogens is 312 g/mol. The quantitative estimate of drug-likeness (QED) is 0.813. The van der Waals surface area contributed by atoms with Gasteiger partial charge < -0.3 is 15.0 Å². The van der Waals surface area contributed by atoms with E-state index in [4.69, 9.17) is 17.0 Å². The van der Waals surface area contributed by atoms with E-state index in [0.29, 0.717) is 6.04 Å². The summed E-state index contributed by atoms with van der Waals surface area (Å²) in [7, 11) is 1.68. The van der Waals surface area contributed by atoms with Crippen LogP contribution >= 0.6 is 23.6 Å². The van der Waals surface area contributed by atoms with Gasteiger partial charge in [0.05, 0.1) is 13.7 Å². The summed E-state index contributed by atoms with van der Waals surface area (Å²) in [5.41, 5.74) is 1.20. The number of nitrogens with one attached hydrogen (secondary N) is 1. The second kappa shape index (κ2) is 7.11. The summed E-state index contributed by atoms with van der Waals surface area (Å²) in [6, 6.07) is 13.0. The van der Waals surface area contributed by atoms with Gasteiger partial charge in [0.15, 0.2) is 5.11 Å². The Morgan fingerprint density at radius 2 is 2.09 bits per heavy atom. The summed E-state index contributed by atoms with van der Waals surface area (Å²) in [6.45, 7) is 1.66. The molecule has 0 amide bonds. The Morgan fingerprint density at radius 1 is 1.32 bits per heavy atom. The van der Waals surface area contributed by atoms with E-state index in [1.54, 1.807) is 18.4 Å². The van der Waals surface area contributed by atoms with Crippen LogP contribution in [-0.2, 0) is 13.1 Å². The molecule has 1 aliphatic rings. The van der Waals surface area contributed by atoms with Gasteiger partial charge in [-0.1, -0.05) is 18.2 Å². The van der Waals surface area contributed by atoms with Crippen molar-refractivity contribution in [3.63, 3.8) is 0 Å². The van der Waals surface area contributed by atoms with Gasteiger partial charge in [-0.2, -0.15) is 0 Å². The molecule has 2 aromatic rings. The number of hydrogen-bond acceptors (Lipinski definition) is 3. The highest BCUT2D eigenvalue weighted by Gasteiger charge is 2.30. The zero-order chi connectivity index (χ0) is 15.4. The molecule has 0 radical (unpaired) electrons. The fourth-order valence-corrected chi connectivity index (χ4v) is 3.33. The first-order chi connectivity index (χ1) is 10.8. The van der Waals surface area contributed by atoms with Gasteiger partial charge in [0, 0.05) is 17.5 Å². The van der Waals surface area contributed by atoms with Gasteiger partial charge in [-0.25, -0.2) is 0 Å². The number of hydrogen-bond donors (Lipinski definition) is 1. The first kappa shape index (κ1) is 15.3. The highest BCUT2D eigenvalue weighted by atomic mass is 32.1. The van der Waals surface area contributed by atoms with Gasteiger partial charge >= 0.3 is 0 Å². The van der Waals surface area contributed by atoms with Crippen LogP contribution in [0.4, 0.5) is 0 Å². The SMILES string of the molecule is COc1ccc(CNC(=S)N(Cc2cccs2)C2CC2)cc1. The summed E-state index contributed by atoms with van der Waals surface area (Å²) in [5, 5.41) is 6.36. The molecule has 1 aliphatic carbocycles. The lowest BCUT2D eigenvalue weighted by atomic mass is 10.2. The Bertz CT molecular complexity index is 606. The standard InChI is InChI=1S/C17H20N2OS2/c1-20-15-8-4-13(5-9-15)11-18-17(21)19(14-6-7-14)12-16-3-2-10-22-16/h2-5,8-10,14H,6-7,11-12H2,1H3,(H,18,21). The molecule has 0 atom stereocenters. The topological polar surface area (TPSA) is 24.5 Å². The van der Waals surface area contributed by atoms with Crippen LogP contribution in [0.2, 0.25) is 0 Å². The first-order valence-electron chi connectivity index (χ1n) is 7.46. The van der Waals surface area contributed by atoms with Gasteiger partial charge in [-0.05, 0) is 54.2 Å². The molecule has 1 aromatic heterocycles. The lowest BCUT2D eigenvalue weighted by Crippen LogP contribution is -2.40. The second-order valence-electron chi connectivity index (χ2n) is 5.45. The van der Waals surface area contributed by atoms with Crippen molar-refractivity contribution in [1.82, 2.24) is 10.2 Å². The zero-order valence-electron chi connectivity index (χ0n) is 12.6. The molecule has 0 bridgehead atoms. The van der Waals surface area contributed by atoms with Crippen molar-refractivity contribution >= 4 is 28.7 Å². The van der Waals surface area contributed by atoms with Crippen molar-refractivity contribution in [3.05, 3.63) is 52.2 Å². The van der Waals surface area contributed by atoms with Crippen LogP contribution in [0.5, 0.6) is 5.75 Å². The number of methoxy groups -OCH3 is 1. The van der Waals surface area contributed by atoms with Crippen LogP contribution in [-0.4, -0.2) is 23.2 Å². The smallest absolute Gasteiger partial charge is 0.169 e. The minimum Gasteiger partial charge on any atom is -0.497 e. The van der Waals surface area contributed by atoms with E-state index in [0.717, 1.165) is 24.0 Å². The predicted molar refractivity (Wildman–Crippen MR) is 95.3 cm³/mol. The van der Waals surface area contributed by atoms with E-state index in [1.165, 1.54) is 23.3 Å². The molecule has 5 heteroatoms. The average molecular weight is 332 g/mol. The van der Waals surface area contributed by atoms with Gasteiger partial charge in [0.2, 0.25) is 0 Å². The number of rotatable bonds is 6. The molecule has 0 spiro atoms. The fourth-order valence-electron chi connectivity index (χ4n) is 2.35. The highest BCUT2D eigenvalue weighted by Crippen LogP contribution is 2.29. The summed E-state index contributed by atoms with van der Waals surface area (Å²) in [5.74, 6) is 0.878. The van der Waals surface area contributed by atoms with Gasteiger partial charge in [0.1, 0.15) is 5.75 Å². The Hall–Kier alpha value is -1.59. The first-order valence-corrected chi connectivity index (χ1v) is 8.75. The molecular formula is C17H20N2OS2. The molecule has 1 saturated carbocycles. The van der Waals surface area contributed by atoms with Crippen LogP contribution in [0.3, 0.4) is 0 Å². The van der Waals surface area contributed by atoms with Crippen LogP contribution in [0.1, 0.15) is 23.3 Å². The number of nitrogens with zero attached hydrogens (tertiary/aromatic N) is 1. The van der Waals surface area contributed by atoms with Crippen molar-refractivity contribution in [1.29, 1.82) is 0 Å². The normalized spacial score (nSPS) is 13.7. The maximum Gasteiger partial charge on any atom is 0.169 e. The monoisotopic (exact) mass is 332 g/mol. The van der Waals surface area contributed by atoms with E-state index in [1.807, 2.05) is 12.1 Å². The summed E-state index contributed by atoms with van der Waals surface area (Å²) in [4.78, 5) is 3.69. The van der Waals surface area contributed by atoms with E-state index < -0.39 is 0 Å². The number of benzene rings is 1. The van der Waals surface area contributed by atoms with E-state index in [2.05, 4.69) is 39.9 Å². The summed E-state index contributed by atoms with van der Waals surface area (Å²) < 4.78 is 5.18. The van der Waals surface area contributed by atoms with Crippen LogP contribution in [0.25, 0.3) is 0 Å². The minimum absolute atomic E-state index is 0.609. The van der Waals surface area contributed by atoms with Crippen LogP contribution < -0.4 is 10.1 Å². The van der Waals surface area contributed by atoms with E-state index in [-0.39, 0.29) is 0 Å². The van der Waals surface area contributed by atoms with Crippen molar-refractivity contribution in [2.24, 2.45) is 0 Å². The molecule has 22 heavy (non-hydrogen) atoms. The summed E-state index contributed by atoms with van der Waals surface area (Å²) >= 11 is 7.40. The van der Waals surface area contributed by atoms with Gasteiger partial charge in [-0.3, -0.25) is 0 Å². The van der Waals surface area contributed by atoms with Crippen molar-refractivity contribution in [3.8, 4) is 5.75 Å². The second-order valence-corrected chi connectivity index (χ2v) is 6.86. The van der Waals surface area contributed by atoms with Crippen molar-refractivity contribution in [2.75, 3.05) is 7.11 Å². The molecule has 1 fully saturated rings. The Labute approximate surface area is 140 Å². The molecule has 3 rings (SSSR count). The maximum atomic E-state index is 5.61. The molecule has 116 valence electrons. The molecule has 1 N–H and O–H groups in total. The summed E-state index contributed by atoms with van der Waals surface area (Å²) in [6.07, 6.45) is 2.49. The fraction of sp³-hybridized carbons (Fsp3) is 0.353. The van der Waals surface area contributed by atoms with E-state index >= 15 is 0 Å². The maximum absolute atomic E-state index is 5.61. The molecule has 3 nitrogen and oxygen atoms in total. The molecule has 1 aromatic carbocycles. The minimum atomic E-state index is 0.609. The lowest BCUT2D eigenvalue weighted by molar-refractivity contribution is 0.399. The molecule has 1 heterocycles. The number of thiophene rings is 1. The van der Waals surface area contributed by atoms with E-state index in [9.17, 15) is 0 Å². The zero-order valence-corrected chi connectivity index (χ0v) is 14.3. The number of thiocarbonyl (C=S) groups is 1. The Morgan fingerprint density at radius 3 is 2.68 bits per heavy atom. The predicted octanol–water partition coefficient (Wildman–Crippen LogP) is 3.80. The Balaban J connectivity index is 1.56. The molecule has 0 aliphatic heterocycles. The largest absolute Gasteiger partial charge is 0.497 e. The van der Waals surface area contributed by atoms with Gasteiger partial charge in [-0.15, -0.1) is 11.3 Å². The average Bonchev–Trinajstić information content (AvgIpc) is 3.27. The van der Waals surface area contributed by atoms with Gasteiger partial charge in [0.25, 0.3) is 0 Å². The van der Waals surface area contributed by atoms with Crippen molar-refractivity contribution < 1.29 is 4.74 Å². The molecule has 0 unspecified atom stereocenters.